The van der Waals surface area contributed by atoms with Crippen LogP contribution in [0.1, 0.15) is 42.0 Å². The summed E-state index contributed by atoms with van der Waals surface area (Å²) in [7, 11) is 3.54. The Morgan fingerprint density at radius 2 is 1.93 bits per heavy atom. The van der Waals surface area contributed by atoms with Crippen molar-refractivity contribution in [2.45, 2.75) is 44.3 Å². The summed E-state index contributed by atoms with van der Waals surface area (Å²) in [6.07, 6.45) is 3.70. The van der Waals surface area contributed by atoms with Gasteiger partial charge < -0.3 is 20.3 Å². The van der Waals surface area contributed by atoms with Crippen molar-refractivity contribution in [3.63, 3.8) is 0 Å². The molecule has 0 spiro atoms. The second-order valence-electron chi connectivity index (χ2n) is 7.72. The molecule has 0 bridgehead atoms. The Morgan fingerprint density at radius 1 is 1.17 bits per heavy atom. The molecule has 2 N–H and O–H groups in total. The van der Waals surface area contributed by atoms with Crippen LogP contribution in [0.4, 0.5) is 5.69 Å². The molecular formula is C23H31Cl2N3O2. The molecule has 2 aromatic carbocycles. The van der Waals surface area contributed by atoms with Gasteiger partial charge in [0.25, 0.3) is 0 Å². The topological polar surface area (TPSA) is 53.6 Å². The number of aryl methyl sites for hydroxylation is 1. The number of carbonyl (C=O) groups excluding carboxylic acids is 1. The molecular weight excluding hydrogens is 421 g/mol. The lowest BCUT2D eigenvalue weighted by Gasteiger charge is -2.34. The molecule has 0 aromatic heterocycles. The highest BCUT2D eigenvalue weighted by molar-refractivity contribution is 5.96. The third kappa shape index (κ3) is 5.09. The predicted octanol–water partition coefficient (Wildman–Crippen LogP) is 4.03. The molecule has 4 rings (SSSR count). The van der Waals surface area contributed by atoms with Crippen LogP contribution in [-0.4, -0.2) is 32.7 Å². The minimum Gasteiger partial charge on any atom is -0.496 e. The second kappa shape index (κ2) is 11.0. The number of methoxy groups -OCH3 is 1. The number of ether oxygens (including phenoxy) is 1. The molecule has 164 valence electrons. The van der Waals surface area contributed by atoms with E-state index in [-0.39, 0.29) is 30.7 Å². The third-order valence-electron chi connectivity index (χ3n) is 6.00. The van der Waals surface area contributed by atoms with E-state index in [2.05, 4.69) is 47.0 Å². The van der Waals surface area contributed by atoms with E-state index in [4.69, 9.17) is 4.74 Å². The first-order chi connectivity index (χ1) is 13.7. The van der Waals surface area contributed by atoms with Gasteiger partial charge >= 0.3 is 0 Å². The Morgan fingerprint density at radius 3 is 2.67 bits per heavy atom. The summed E-state index contributed by atoms with van der Waals surface area (Å²) in [5.74, 6) is 1.01. The van der Waals surface area contributed by atoms with Gasteiger partial charge in [0.15, 0.2) is 0 Å². The summed E-state index contributed by atoms with van der Waals surface area (Å²) < 4.78 is 5.65. The van der Waals surface area contributed by atoms with Crippen LogP contribution in [0, 0.1) is 0 Å². The molecule has 2 aliphatic heterocycles. The number of anilines is 1. The highest BCUT2D eigenvalue weighted by Gasteiger charge is 2.27. The number of piperidine rings is 1. The molecule has 1 saturated heterocycles. The van der Waals surface area contributed by atoms with Gasteiger partial charge in [0.05, 0.1) is 12.8 Å². The van der Waals surface area contributed by atoms with Crippen molar-refractivity contribution in [2.75, 3.05) is 25.6 Å². The molecule has 1 fully saturated rings. The molecule has 5 nitrogen and oxygen atoms in total. The van der Waals surface area contributed by atoms with E-state index in [1.165, 1.54) is 17.5 Å². The molecule has 2 atom stereocenters. The van der Waals surface area contributed by atoms with E-state index >= 15 is 0 Å². The maximum Gasteiger partial charge on any atom is 0.227 e. The Kier molecular flexibility index (Phi) is 8.98. The molecule has 30 heavy (non-hydrogen) atoms. The monoisotopic (exact) mass is 451 g/mol. The van der Waals surface area contributed by atoms with Crippen molar-refractivity contribution < 1.29 is 9.53 Å². The van der Waals surface area contributed by atoms with Gasteiger partial charge in [-0.25, -0.2) is 0 Å². The van der Waals surface area contributed by atoms with Gasteiger partial charge in [-0.1, -0.05) is 30.3 Å². The number of nitrogens with one attached hydrogen (secondary N) is 2. The van der Waals surface area contributed by atoms with E-state index in [0.29, 0.717) is 18.5 Å². The summed E-state index contributed by atoms with van der Waals surface area (Å²) in [6.45, 7) is 1.81. The van der Waals surface area contributed by atoms with Crippen molar-refractivity contribution in [3.8, 4) is 5.75 Å². The fourth-order valence-corrected chi connectivity index (χ4v) is 4.41. The van der Waals surface area contributed by atoms with Crippen molar-refractivity contribution in [1.29, 1.82) is 0 Å². The van der Waals surface area contributed by atoms with Gasteiger partial charge in [-0.05, 0) is 43.0 Å². The van der Waals surface area contributed by atoms with Crippen LogP contribution in [0.25, 0.3) is 0 Å². The summed E-state index contributed by atoms with van der Waals surface area (Å²) in [5.41, 5.74) is 4.68. The maximum absolute atomic E-state index is 12.0. The van der Waals surface area contributed by atoms with Gasteiger partial charge in [-0.3, -0.25) is 4.79 Å². The number of hydrogen-bond acceptors (Lipinski definition) is 4. The first-order valence-corrected chi connectivity index (χ1v) is 10.2. The third-order valence-corrected chi connectivity index (χ3v) is 6.00. The first kappa shape index (κ1) is 24.5. The second-order valence-corrected chi connectivity index (χ2v) is 7.72. The van der Waals surface area contributed by atoms with Crippen LogP contribution in [-0.2, 0) is 17.8 Å². The van der Waals surface area contributed by atoms with Crippen LogP contribution in [0.2, 0.25) is 0 Å². The number of fused-ring (bicyclic) bond motifs is 1. The number of carbonyl (C=O) groups is 1. The molecule has 2 aromatic rings. The Labute approximate surface area is 191 Å². The molecule has 2 heterocycles. The van der Waals surface area contributed by atoms with Gasteiger partial charge in [-0.2, -0.15) is 0 Å². The fourth-order valence-electron chi connectivity index (χ4n) is 4.41. The number of rotatable bonds is 5. The maximum atomic E-state index is 12.0. The van der Waals surface area contributed by atoms with Crippen LogP contribution in [0.3, 0.4) is 0 Å². The number of halogens is 2. The van der Waals surface area contributed by atoms with Crippen molar-refractivity contribution in [1.82, 2.24) is 10.6 Å². The standard InChI is InChI=1S/C23H29N3O2.2ClH/c1-26-20-14-21(28-2)18(13-17(20)10-11-22(26)27)15-25-19-9-6-12-24-23(19)16-7-4-3-5-8-16;;/h3-5,7-8,13-14,19,23-25H,6,9-12,15H2,1-2H3;2*1H. The van der Waals surface area contributed by atoms with Gasteiger partial charge in [0.2, 0.25) is 5.91 Å². The van der Waals surface area contributed by atoms with Crippen LogP contribution < -0.4 is 20.3 Å². The molecule has 2 aliphatic rings. The van der Waals surface area contributed by atoms with E-state index in [0.717, 1.165) is 42.9 Å². The minimum absolute atomic E-state index is 0. The van der Waals surface area contributed by atoms with Crippen molar-refractivity contribution in [3.05, 3.63) is 59.2 Å². The number of nitrogens with zero attached hydrogens (tertiary/aromatic N) is 1. The summed E-state index contributed by atoms with van der Waals surface area (Å²) in [4.78, 5) is 13.8. The average molecular weight is 452 g/mol. The number of hydrogen-bond donors (Lipinski definition) is 2. The largest absolute Gasteiger partial charge is 0.496 e. The van der Waals surface area contributed by atoms with Gasteiger partial charge in [0, 0.05) is 43.7 Å². The van der Waals surface area contributed by atoms with E-state index in [1.54, 1.807) is 12.0 Å². The summed E-state index contributed by atoms with van der Waals surface area (Å²) >= 11 is 0. The average Bonchev–Trinajstić information content (AvgIpc) is 2.75. The zero-order valence-corrected chi connectivity index (χ0v) is 19.2. The first-order valence-electron chi connectivity index (χ1n) is 10.2. The van der Waals surface area contributed by atoms with Crippen molar-refractivity contribution in [2.24, 2.45) is 0 Å². The zero-order valence-electron chi connectivity index (χ0n) is 17.5. The highest BCUT2D eigenvalue weighted by Crippen LogP contribution is 2.34. The Hall–Kier alpha value is -1.79. The smallest absolute Gasteiger partial charge is 0.227 e. The van der Waals surface area contributed by atoms with E-state index in [1.807, 2.05) is 13.1 Å². The lowest BCUT2D eigenvalue weighted by atomic mass is 9.92. The van der Waals surface area contributed by atoms with Crippen LogP contribution in [0.15, 0.2) is 42.5 Å². The molecule has 0 aliphatic carbocycles. The predicted molar refractivity (Wildman–Crippen MR) is 126 cm³/mol. The van der Waals surface area contributed by atoms with Crippen LogP contribution >= 0.6 is 24.8 Å². The molecule has 0 radical (unpaired) electrons. The molecule has 7 heteroatoms. The van der Waals surface area contributed by atoms with Crippen molar-refractivity contribution >= 4 is 36.4 Å². The zero-order chi connectivity index (χ0) is 19.5. The van der Waals surface area contributed by atoms with Gasteiger partial charge in [-0.15, -0.1) is 24.8 Å². The Bertz CT molecular complexity index is 848. The quantitative estimate of drug-likeness (QED) is 0.720. The van der Waals surface area contributed by atoms with Gasteiger partial charge in [0.1, 0.15) is 5.75 Å². The fraction of sp³-hybridized carbons (Fsp3) is 0.435. The summed E-state index contributed by atoms with van der Waals surface area (Å²) in [5, 5.41) is 7.44. The van der Waals surface area contributed by atoms with Crippen LogP contribution in [0.5, 0.6) is 5.75 Å². The highest BCUT2D eigenvalue weighted by atomic mass is 35.5. The summed E-state index contributed by atoms with van der Waals surface area (Å²) in [6, 6.07) is 15.6. The van der Waals surface area contributed by atoms with E-state index in [9.17, 15) is 4.79 Å². The SMILES string of the molecule is COc1cc2c(cc1CNC1CCCNC1c1ccccc1)CCC(=O)N2C.Cl.Cl. The number of benzene rings is 2. The minimum atomic E-state index is 0. The lowest BCUT2D eigenvalue weighted by molar-refractivity contribution is -0.118. The van der Waals surface area contributed by atoms with E-state index < -0.39 is 0 Å². The Balaban J connectivity index is 0.00000160. The molecule has 0 saturated carbocycles. The lowest BCUT2D eigenvalue weighted by Crippen LogP contribution is -2.45. The molecule has 1 amide bonds. The normalized spacial score (nSPS) is 20.6. The molecule has 2 unspecified atom stereocenters. The number of amides is 1.